The van der Waals surface area contributed by atoms with Crippen molar-refractivity contribution in [3.63, 3.8) is 0 Å². The third kappa shape index (κ3) is 4.71. The average Bonchev–Trinajstić information content (AvgIpc) is 3.43. The highest BCUT2D eigenvalue weighted by Crippen LogP contribution is 2.35. The Bertz CT molecular complexity index is 912. The molecule has 2 aromatic heterocycles. The fourth-order valence-corrected chi connectivity index (χ4v) is 3.89. The van der Waals surface area contributed by atoms with Crippen LogP contribution in [0.4, 0.5) is 19.0 Å². The number of piperidine rings is 1. The molecular weight excluding hydrogens is 385 g/mol. The van der Waals surface area contributed by atoms with Crippen molar-refractivity contribution in [3.05, 3.63) is 23.9 Å². The molecule has 0 atom stereocenters. The molecule has 0 unspecified atom stereocenters. The summed E-state index contributed by atoms with van der Waals surface area (Å²) in [7, 11) is 0. The fraction of sp³-hybridized carbons (Fsp3) is 0.550. The summed E-state index contributed by atoms with van der Waals surface area (Å²) >= 11 is 0. The van der Waals surface area contributed by atoms with Crippen LogP contribution >= 0.6 is 0 Å². The Hall–Kier alpha value is -2.58. The number of fused-ring (bicyclic) bond motifs is 1. The number of carbonyl (C=O) groups excluding carboxylic acids is 2. The number of H-pyrrole nitrogens is 1. The number of nitrogens with one attached hydrogen (secondary N) is 2. The first-order valence-electron chi connectivity index (χ1n) is 9.93. The number of rotatable bonds is 5. The number of alkyl halides is 3. The van der Waals surface area contributed by atoms with Crippen molar-refractivity contribution in [1.29, 1.82) is 0 Å². The summed E-state index contributed by atoms with van der Waals surface area (Å²) < 4.78 is 37.1. The fourth-order valence-electron chi connectivity index (χ4n) is 3.89. The minimum atomic E-state index is -4.31. The number of halogens is 3. The second kappa shape index (κ2) is 7.68. The second-order valence-electron chi connectivity index (χ2n) is 7.87. The molecule has 2 aromatic rings. The van der Waals surface area contributed by atoms with E-state index in [1.54, 1.807) is 6.20 Å². The van der Waals surface area contributed by atoms with E-state index in [1.807, 2.05) is 12.1 Å². The second-order valence-corrected chi connectivity index (χ2v) is 7.87. The Morgan fingerprint density at radius 3 is 2.59 bits per heavy atom. The SMILES string of the molecule is O=C(Nc1cc(C2CCN(C(=O)CCC(F)(F)F)CC2)c2cc[nH]c2n1)C1CC1. The van der Waals surface area contributed by atoms with Crippen molar-refractivity contribution in [2.24, 2.45) is 5.92 Å². The number of pyridine rings is 1. The minimum absolute atomic E-state index is 0.0144. The van der Waals surface area contributed by atoms with E-state index in [0.717, 1.165) is 23.8 Å². The van der Waals surface area contributed by atoms with Crippen molar-refractivity contribution in [1.82, 2.24) is 14.9 Å². The van der Waals surface area contributed by atoms with Crippen molar-refractivity contribution in [3.8, 4) is 0 Å². The quantitative estimate of drug-likeness (QED) is 0.786. The molecule has 2 fully saturated rings. The number of carbonyl (C=O) groups is 2. The van der Waals surface area contributed by atoms with Crippen LogP contribution in [0.25, 0.3) is 11.0 Å². The van der Waals surface area contributed by atoms with Gasteiger partial charge in [0.15, 0.2) is 0 Å². The third-order valence-electron chi connectivity index (χ3n) is 5.67. The first-order valence-corrected chi connectivity index (χ1v) is 9.93. The minimum Gasteiger partial charge on any atom is -0.346 e. The first-order chi connectivity index (χ1) is 13.8. The van der Waals surface area contributed by atoms with E-state index in [1.165, 1.54) is 4.90 Å². The molecular formula is C20H23F3N4O2. The van der Waals surface area contributed by atoms with E-state index in [4.69, 9.17) is 0 Å². The molecule has 1 saturated carbocycles. The summed E-state index contributed by atoms with van der Waals surface area (Å²) in [6, 6.07) is 3.83. The Morgan fingerprint density at radius 2 is 1.93 bits per heavy atom. The molecule has 2 N–H and O–H groups in total. The number of hydrogen-bond acceptors (Lipinski definition) is 3. The van der Waals surface area contributed by atoms with Gasteiger partial charge in [0, 0.05) is 37.0 Å². The maximum Gasteiger partial charge on any atom is 0.389 e. The Labute approximate surface area is 165 Å². The average molecular weight is 408 g/mol. The van der Waals surface area contributed by atoms with Crippen molar-refractivity contribution < 1.29 is 22.8 Å². The van der Waals surface area contributed by atoms with Crippen LogP contribution in [0, 0.1) is 5.92 Å². The van der Waals surface area contributed by atoms with E-state index in [2.05, 4.69) is 15.3 Å². The van der Waals surface area contributed by atoms with Crippen LogP contribution in [0.3, 0.4) is 0 Å². The molecule has 0 radical (unpaired) electrons. The molecule has 3 heterocycles. The number of nitrogens with zero attached hydrogens (tertiary/aromatic N) is 2. The van der Waals surface area contributed by atoms with Gasteiger partial charge in [0.05, 0.1) is 6.42 Å². The Morgan fingerprint density at radius 1 is 1.21 bits per heavy atom. The molecule has 4 rings (SSSR count). The van der Waals surface area contributed by atoms with Gasteiger partial charge < -0.3 is 15.2 Å². The largest absolute Gasteiger partial charge is 0.389 e. The Balaban J connectivity index is 1.44. The van der Waals surface area contributed by atoms with E-state index in [-0.39, 0.29) is 17.7 Å². The zero-order chi connectivity index (χ0) is 20.6. The summed E-state index contributed by atoms with van der Waals surface area (Å²) in [5.41, 5.74) is 1.74. The normalized spacial score (nSPS) is 18.2. The van der Waals surface area contributed by atoms with Gasteiger partial charge in [-0.05, 0) is 49.3 Å². The lowest BCUT2D eigenvalue weighted by Gasteiger charge is -2.32. The standard InChI is InChI=1S/C20H23F3N4O2/c21-20(22,23)7-3-17(28)27-9-5-12(6-10-27)15-11-16(26-19(29)13-1-2-13)25-18-14(15)4-8-24-18/h4,8,11-13H,1-3,5-7,9-10H2,(H2,24,25,26,29). The predicted molar refractivity (Wildman–Crippen MR) is 101 cm³/mol. The van der Waals surface area contributed by atoms with Crippen LogP contribution in [0.15, 0.2) is 18.3 Å². The predicted octanol–water partition coefficient (Wildman–Crippen LogP) is 3.96. The number of amides is 2. The molecule has 1 aliphatic heterocycles. The third-order valence-corrected chi connectivity index (χ3v) is 5.67. The molecule has 1 saturated heterocycles. The number of aromatic amines is 1. The monoisotopic (exact) mass is 408 g/mol. The topological polar surface area (TPSA) is 78.1 Å². The molecule has 2 amide bonds. The molecule has 29 heavy (non-hydrogen) atoms. The lowest BCUT2D eigenvalue weighted by molar-refractivity contribution is -0.149. The van der Waals surface area contributed by atoms with Crippen LogP contribution in [-0.2, 0) is 9.59 Å². The van der Waals surface area contributed by atoms with Gasteiger partial charge >= 0.3 is 6.18 Å². The summed E-state index contributed by atoms with van der Waals surface area (Å²) in [5, 5.41) is 3.85. The van der Waals surface area contributed by atoms with Gasteiger partial charge in [-0.15, -0.1) is 0 Å². The lowest BCUT2D eigenvalue weighted by Crippen LogP contribution is -2.38. The highest BCUT2D eigenvalue weighted by atomic mass is 19.4. The zero-order valence-electron chi connectivity index (χ0n) is 15.9. The highest BCUT2D eigenvalue weighted by molar-refractivity contribution is 5.94. The number of hydrogen-bond donors (Lipinski definition) is 2. The van der Waals surface area contributed by atoms with Gasteiger partial charge in [0.25, 0.3) is 0 Å². The smallest absolute Gasteiger partial charge is 0.346 e. The van der Waals surface area contributed by atoms with Crippen LogP contribution in [0.5, 0.6) is 0 Å². The van der Waals surface area contributed by atoms with Gasteiger partial charge in [-0.3, -0.25) is 9.59 Å². The van der Waals surface area contributed by atoms with E-state index in [9.17, 15) is 22.8 Å². The maximum absolute atomic E-state index is 12.4. The summed E-state index contributed by atoms with van der Waals surface area (Å²) in [6.45, 7) is 0.860. The van der Waals surface area contributed by atoms with Crippen LogP contribution < -0.4 is 5.32 Å². The lowest BCUT2D eigenvalue weighted by atomic mass is 9.88. The summed E-state index contributed by atoms with van der Waals surface area (Å²) in [4.78, 5) is 33.2. The maximum atomic E-state index is 12.4. The molecule has 1 aliphatic carbocycles. The summed E-state index contributed by atoms with van der Waals surface area (Å²) in [5.74, 6) is 0.278. The van der Waals surface area contributed by atoms with Crippen LogP contribution in [0.1, 0.15) is 50.0 Å². The van der Waals surface area contributed by atoms with Gasteiger partial charge in [-0.1, -0.05) is 0 Å². The molecule has 6 nitrogen and oxygen atoms in total. The van der Waals surface area contributed by atoms with Crippen molar-refractivity contribution in [2.45, 2.75) is 50.6 Å². The molecule has 0 spiro atoms. The number of aromatic nitrogens is 2. The first kappa shape index (κ1) is 19.7. The molecule has 0 aromatic carbocycles. The van der Waals surface area contributed by atoms with Gasteiger partial charge in [-0.2, -0.15) is 13.2 Å². The number of anilines is 1. The molecule has 2 aliphatic rings. The number of likely N-dealkylation sites (tertiary alicyclic amines) is 1. The van der Waals surface area contributed by atoms with Crippen molar-refractivity contribution >= 4 is 28.7 Å². The highest BCUT2D eigenvalue weighted by Gasteiger charge is 2.32. The van der Waals surface area contributed by atoms with E-state index >= 15 is 0 Å². The zero-order valence-corrected chi connectivity index (χ0v) is 15.9. The van der Waals surface area contributed by atoms with Gasteiger partial charge in [-0.25, -0.2) is 4.98 Å². The van der Waals surface area contributed by atoms with Crippen molar-refractivity contribution in [2.75, 3.05) is 18.4 Å². The molecule has 156 valence electrons. The molecule has 9 heteroatoms. The van der Waals surface area contributed by atoms with E-state index in [0.29, 0.717) is 37.4 Å². The van der Waals surface area contributed by atoms with Gasteiger partial charge in [0.2, 0.25) is 11.8 Å². The Kier molecular flexibility index (Phi) is 5.23. The van der Waals surface area contributed by atoms with Crippen LogP contribution in [-0.4, -0.2) is 45.9 Å². The van der Waals surface area contributed by atoms with Gasteiger partial charge in [0.1, 0.15) is 11.5 Å². The molecule has 0 bridgehead atoms. The summed E-state index contributed by atoms with van der Waals surface area (Å²) in [6.07, 6.45) is -0.951. The van der Waals surface area contributed by atoms with E-state index < -0.39 is 24.9 Å². The van der Waals surface area contributed by atoms with Crippen LogP contribution in [0.2, 0.25) is 0 Å².